The van der Waals surface area contributed by atoms with E-state index in [4.69, 9.17) is 11.6 Å². The minimum absolute atomic E-state index is 0.0244. The van der Waals surface area contributed by atoms with Crippen molar-refractivity contribution in [3.05, 3.63) is 59.6 Å². The number of carbonyl (C=O) groups excluding carboxylic acids is 1. The van der Waals surface area contributed by atoms with E-state index in [1.165, 1.54) is 10.4 Å². The lowest BCUT2D eigenvalue weighted by atomic mass is 10.3. The molecule has 1 fully saturated rings. The van der Waals surface area contributed by atoms with Crippen molar-refractivity contribution in [3.8, 4) is 0 Å². The zero-order valence-electron chi connectivity index (χ0n) is 15.1. The second-order valence-electron chi connectivity index (χ2n) is 6.40. The highest BCUT2D eigenvalue weighted by molar-refractivity contribution is 7.89. The van der Waals surface area contributed by atoms with Crippen molar-refractivity contribution in [1.82, 2.24) is 9.21 Å². The summed E-state index contributed by atoms with van der Waals surface area (Å²) in [6.07, 6.45) is 0. The number of hydrogen-bond acceptors (Lipinski definition) is 4. The molecular formula is C19H22ClN3O3S. The lowest BCUT2D eigenvalue weighted by molar-refractivity contribution is -0.119. The fourth-order valence-corrected chi connectivity index (χ4v) is 4.93. The van der Waals surface area contributed by atoms with E-state index in [9.17, 15) is 13.2 Å². The van der Waals surface area contributed by atoms with Gasteiger partial charge < -0.3 is 4.90 Å². The molecule has 2 aromatic rings. The molecule has 27 heavy (non-hydrogen) atoms. The Kier molecular flexibility index (Phi) is 6.16. The molecule has 0 spiro atoms. The second kappa shape index (κ2) is 8.39. The number of carbonyl (C=O) groups is 1. The lowest BCUT2D eigenvalue weighted by Gasteiger charge is -2.34. The van der Waals surface area contributed by atoms with E-state index in [1.807, 2.05) is 35.2 Å². The van der Waals surface area contributed by atoms with E-state index in [-0.39, 0.29) is 22.4 Å². The molecule has 8 heteroatoms. The number of hydrogen-bond donors (Lipinski definition) is 0. The molecular weight excluding hydrogens is 386 g/mol. The maximum Gasteiger partial charge on any atom is 0.244 e. The first-order chi connectivity index (χ1) is 12.9. The summed E-state index contributed by atoms with van der Waals surface area (Å²) in [4.78, 5) is 16.2. The summed E-state index contributed by atoms with van der Waals surface area (Å²) in [5.41, 5.74) is 0.836. The normalized spacial score (nSPS) is 16.2. The number of amides is 1. The van der Waals surface area contributed by atoms with Gasteiger partial charge in [-0.15, -0.1) is 0 Å². The maximum absolute atomic E-state index is 12.8. The van der Waals surface area contributed by atoms with Gasteiger partial charge >= 0.3 is 0 Å². The fraction of sp³-hybridized carbons (Fsp3) is 0.316. The SMILES string of the molecule is CN(C(=O)CN1CCN(S(=O)(=O)c2ccccc2Cl)CC1)c1ccccc1. The van der Waals surface area contributed by atoms with E-state index < -0.39 is 10.0 Å². The zero-order valence-corrected chi connectivity index (χ0v) is 16.7. The molecule has 1 amide bonds. The Hall–Kier alpha value is -1.93. The van der Waals surface area contributed by atoms with Crippen LogP contribution in [0.3, 0.4) is 0 Å². The van der Waals surface area contributed by atoms with Crippen LogP contribution in [0, 0.1) is 0 Å². The Balaban J connectivity index is 1.59. The summed E-state index contributed by atoms with van der Waals surface area (Å²) >= 11 is 6.05. The fourth-order valence-electron chi connectivity index (χ4n) is 3.01. The highest BCUT2D eigenvalue weighted by Gasteiger charge is 2.30. The highest BCUT2D eigenvalue weighted by Crippen LogP contribution is 2.25. The maximum atomic E-state index is 12.8. The molecule has 0 aromatic heterocycles. The number of halogens is 1. The van der Waals surface area contributed by atoms with Gasteiger partial charge in [0.1, 0.15) is 4.90 Å². The van der Waals surface area contributed by atoms with Gasteiger partial charge in [-0.1, -0.05) is 41.9 Å². The monoisotopic (exact) mass is 407 g/mol. The Morgan fingerprint density at radius 3 is 2.22 bits per heavy atom. The van der Waals surface area contributed by atoms with Gasteiger partial charge in [-0.05, 0) is 24.3 Å². The van der Waals surface area contributed by atoms with Crippen LogP contribution in [0.4, 0.5) is 5.69 Å². The van der Waals surface area contributed by atoms with Gasteiger partial charge in [-0.25, -0.2) is 8.42 Å². The van der Waals surface area contributed by atoms with E-state index in [0.29, 0.717) is 26.2 Å². The van der Waals surface area contributed by atoms with Crippen LogP contribution in [0.2, 0.25) is 5.02 Å². The molecule has 0 radical (unpaired) electrons. The van der Waals surface area contributed by atoms with Crippen LogP contribution in [-0.4, -0.2) is 63.3 Å². The molecule has 0 N–H and O–H groups in total. The lowest BCUT2D eigenvalue weighted by Crippen LogP contribution is -2.51. The van der Waals surface area contributed by atoms with Crippen LogP contribution in [-0.2, 0) is 14.8 Å². The van der Waals surface area contributed by atoms with E-state index >= 15 is 0 Å². The topological polar surface area (TPSA) is 60.9 Å². The molecule has 1 aliphatic rings. The molecule has 0 bridgehead atoms. The zero-order chi connectivity index (χ0) is 19.4. The second-order valence-corrected chi connectivity index (χ2v) is 8.71. The van der Waals surface area contributed by atoms with Gasteiger partial charge in [0.2, 0.25) is 15.9 Å². The minimum Gasteiger partial charge on any atom is -0.314 e. The first-order valence-corrected chi connectivity index (χ1v) is 10.5. The number of sulfonamides is 1. The van der Waals surface area contributed by atoms with Crippen molar-refractivity contribution in [1.29, 1.82) is 0 Å². The molecule has 144 valence electrons. The molecule has 1 heterocycles. The number of para-hydroxylation sites is 1. The van der Waals surface area contributed by atoms with Crippen LogP contribution in [0.1, 0.15) is 0 Å². The number of rotatable bonds is 5. The first kappa shape index (κ1) is 19.8. The van der Waals surface area contributed by atoms with E-state index in [1.54, 1.807) is 30.1 Å². The molecule has 1 aliphatic heterocycles. The third kappa shape index (κ3) is 4.50. The van der Waals surface area contributed by atoms with Crippen LogP contribution < -0.4 is 4.90 Å². The predicted molar refractivity (Wildman–Crippen MR) is 107 cm³/mol. The smallest absolute Gasteiger partial charge is 0.244 e. The molecule has 3 rings (SSSR count). The van der Waals surface area contributed by atoms with Gasteiger partial charge in [-0.2, -0.15) is 4.31 Å². The number of anilines is 1. The molecule has 0 atom stereocenters. The van der Waals surface area contributed by atoms with Gasteiger partial charge in [0.05, 0.1) is 11.6 Å². The summed E-state index contributed by atoms with van der Waals surface area (Å²) in [5, 5.41) is 0.222. The summed E-state index contributed by atoms with van der Waals surface area (Å²) in [6.45, 7) is 1.91. The summed E-state index contributed by atoms with van der Waals surface area (Å²) in [6, 6.07) is 15.9. The molecule has 2 aromatic carbocycles. The molecule has 6 nitrogen and oxygen atoms in total. The van der Waals surface area contributed by atoms with Crippen LogP contribution in [0.25, 0.3) is 0 Å². The number of benzene rings is 2. The summed E-state index contributed by atoms with van der Waals surface area (Å²) in [7, 11) is -1.88. The summed E-state index contributed by atoms with van der Waals surface area (Å²) < 4.78 is 27.0. The Bertz CT molecular complexity index is 897. The minimum atomic E-state index is -3.62. The van der Waals surface area contributed by atoms with Gasteiger partial charge in [-0.3, -0.25) is 9.69 Å². The molecule has 0 aliphatic carbocycles. The van der Waals surface area contributed by atoms with Crippen LogP contribution >= 0.6 is 11.6 Å². The average molecular weight is 408 g/mol. The number of piperazine rings is 1. The van der Waals surface area contributed by atoms with Crippen molar-refractivity contribution < 1.29 is 13.2 Å². The van der Waals surface area contributed by atoms with Gasteiger partial charge in [0.25, 0.3) is 0 Å². The van der Waals surface area contributed by atoms with Crippen molar-refractivity contribution in [3.63, 3.8) is 0 Å². The van der Waals surface area contributed by atoms with E-state index in [0.717, 1.165) is 5.69 Å². The average Bonchev–Trinajstić information content (AvgIpc) is 2.68. The van der Waals surface area contributed by atoms with Gasteiger partial charge in [0, 0.05) is 38.9 Å². The largest absolute Gasteiger partial charge is 0.314 e. The summed E-state index contributed by atoms with van der Waals surface area (Å²) in [5.74, 6) is -0.0244. The number of nitrogens with zero attached hydrogens (tertiary/aromatic N) is 3. The van der Waals surface area contributed by atoms with E-state index in [2.05, 4.69) is 0 Å². The molecule has 0 saturated carbocycles. The van der Waals surface area contributed by atoms with Gasteiger partial charge in [0.15, 0.2) is 0 Å². The molecule has 0 unspecified atom stereocenters. The Morgan fingerprint density at radius 1 is 1.00 bits per heavy atom. The van der Waals surface area contributed by atoms with Crippen LogP contribution in [0.5, 0.6) is 0 Å². The van der Waals surface area contributed by atoms with Crippen molar-refractivity contribution in [2.24, 2.45) is 0 Å². The van der Waals surface area contributed by atoms with Crippen molar-refractivity contribution in [2.75, 3.05) is 44.7 Å². The first-order valence-electron chi connectivity index (χ1n) is 8.68. The number of likely N-dealkylation sites (N-methyl/N-ethyl adjacent to an activating group) is 1. The van der Waals surface area contributed by atoms with Crippen molar-refractivity contribution in [2.45, 2.75) is 4.90 Å². The Morgan fingerprint density at radius 2 is 1.59 bits per heavy atom. The molecule has 1 saturated heterocycles. The predicted octanol–water partition coefficient (Wildman–Crippen LogP) is 2.31. The third-order valence-electron chi connectivity index (χ3n) is 4.66. The third-order valence-corrected chi connectivity index (χ3v) is 7.06. The van der Waals surface area contributed by atoms with Crippen molar-refractivity contribution >= 4 is 33.2 Å². The highest BCUT2D eigenvalue weighted by atomic mass is 35.5. The quantitative estimate of drug-likeness (QED) is 0.763. The Labute approximate surface area is 165 Å². The standard InChI is InChI=1S/C19H22ClN3O3S/c1-21(16-7-3-2-4-8-16)19(24)15-22-11-13-23(14-12-22)27(25,26)18-10-6-5-9-17(18)20/h2-10H,11-15H2,1H3. The van der Waals surface area contributed by atoms with Crippen LogP contribution in [0.15, 0.2) is 59.5 Å².